The minimum Gasteiger partial charge on any atom is -0.367 e. The molecule has 0 aromatic carbocycles. The summed E-state index contributed by atoms with van der Waals surface area (Å²) in [5.41, 5.74) is 6.40. The Hall–Kier alpha value is -1.53. The van der Waals surface area contributed by atoms with Crippen LogP contribution in [0, 0.1) is 5.92 Å². The van der Waals surface area contributed by atoms with Gasteiger partial charge >= 0.3 is 0 Å². The highest BCUT2D eigenvalue weighted by Crippen LogP contribution is 2.34. The van der Waals surface area contributed by atoms with Crippen LogP contribution in [0.5, 0.6) is 0 Å². The number of aromatic nitrogens is 1. The molecule has 1 amide bonds. The maximum Gasteiger partial charge on any atom is 0.259 e. The maximum atomic E-state index is 12.2. The number of nitrogens with zero attached hydrogens (tertiary/aromatic N) is 1. The number of hydrogen-bond acceptors (Lipinski definition) is 5. The highest BCUT2D eigenvalue weighted by atomic mass is 35.5. The molecular formula is C13H16ClN3O2S. The van der Waals surface area contributed by atoms with Crippen LogP contribution < -0.4 is 11.1 Å². The molecule has 0 bridgehead atoms. The summed E-state index contributed by atoms with van der Waals surface area (Å²) in [6, 6.07) is 3.53. The van der Waals surface area contributed by atoms with E-state index >= 15 is 0 Å². The first-order chi connectivity index (χ1) is 9.49. The first-order valence-electron chi connectivity index (χ1n) is 6.28. The highest BCUT2D eigenvalue weighted by molar-refractivity contribution is 7.19. The molecule has 0 aliphatic rings. The third-order valence-electron chi connectivity index (χ3n) is 2.76. The number of amides is 1. The lowest BCUT2D eigenvalue weighted by atomic mass is 10.1. The molecule has 7 heteroatoms. The molecule has 5 nitrogen and oxygen atoms in total. The van der Waals surface area contributed by atoms with E-state index in [-0.39, 0.29) is 17.4 Å². The molecule has 0 spiro atoms. The van der Waals surface area contributed by atoms with Crippen molar-refractivity contribution >= 4 is 34.7 Å². The lowest BCUT2D eigenvalue weighted by Gasteiger charge is -2.06. The summed E-state index contributed by atoms with van der Waals surface area (Å²) in [7, 11) is 0. The summed E-state index contributed by atoms with van der Waals surface area (Å²) in [6.45, 7) is 4.78. The lowest BCUT2D eigenvalue weighted by Crippen LogP contribution is -2.26. The molecule has 0 fully saturated rings. The Morgan fingerprint density at radius 1 is 1.55 bits per heavy atom. The number of carbonyl (C=O) groups excluding carboxylic acids is 1. The molecule has 2 aromatic heterocycles. The van der Waals surface area contributed by atoms with Crippen LogP contribution in [0.3, 0.4) is 0 Å². The molecule has 0 aliphatic carbocycles. The number of anilines is 1. The van der Waals surface area contributed by atoms with Crippen molar-refractivity contribution in [3.63, 3.8) is 0 Å². The highest BCUT2D eigenvalue weighted by Gasteiger charge is 2.23. The maximum absolute atomic E-state index is 12.2. The lowest BCUT2D eigenvalue weighted by molar-refractivity contribution is 0.0953. The number of halogens is 1. The Bertz CT molecular complexity index is 607. The minimum atomic E-state index is -0.274. The molecule has 20 heavy (non-hydrogen) atoms. The van der Waals surface area contributed by atoms with Crippen molar-refractivity contribution in [3.05, 3.63) is 22.0 Å². The Morgan fingerprint density at radius 3 is 2.90 bits per heavy atom. The molecule has 3 N–H and O–H groups in total. The second-order valence-corrected chi connectivity index (χ2v) is 6.53. The van der Waals surface area contributed by atoms with Gasteiger partial charge in [0.2, 0.25) is 5.88 Å². The Labute approximate surface area is 126 Å². The van der Waals surface area contributed by atoms with Gasteiger partial charge in [-0.1, -0.05) is 30.6 Å². The molecule has 0 aliphatic heterocycles. The fraction of sp³-hybridized carbons (Fsp3) is 0.385. The van der Waals surface area contributed by atoms with E-state index in [1.807, 2.05) is 0 Å². The zero-order valence-electron chi connectivity index (χ0n) is 11.3. The number of carbonyl (C=O) groups is 1. The second-order valence-electron chi connectivity index (χ2n) is 4.81. The van der Waals surface area contributed by atoms with Gasteiger partial charge in [0.15, 0.2) is 0 Å². The van der Waals surface area contributed by atoms with Gasteiger partial charge in [-0.3, -0.25) is 4.79 Å². The summed E-state index contributed by atoms with van der Waals surface area (Å²) in [5, 5.41) is 6.68. The van der Waals surface area contributed by atoms with Gasteiger partial charge in [-0.2, -0.15) is 0 Å². The van der Waals surface area contributed by atoms with Gasteiger partial charge in [-0.15, -0.1) is 11.3 Å². The zero-order valence-corrected chi connectivity index (χ0v) is 12.8. The van der Waals surface area contributed by atoms with Crippen LogP contribution in [0.25, 0.3) is 10.6 Å². The molecule has 2 heterocycles. The van der Waals surface area contributed by atoms with E-state index < -0.39 is 0 Å². The van der Waals surface area contributed by atoms with Crippen LogP contribution in [-0.4, -0.2) is 17.6 Å². The van der Waals surface area contributed by atoms with E-state index in [0.717, 1.165) is 11.3 Å². The molecule has 0 saturated heterocycles. The smallest absolute Gasteiger partial charge is 0.259 e. The van der Waals surface area contributed by atoms with Crippen molar-refractivity contribution in [1.82, 2.24) is 10.5 Å². The minimum absolute atomic E-state index is 0.0200. The third kappa shape index (κ3) is 3.32. The fourth-order valence-corrected chi connectivity index (χ4v) is 2.73. The van der Waals surface area contributed by atoms with Crippen molar-refractivity contribution < 1.29 is 9.32 Å². The standard InChI is InChI=1S/C13H16ClN3O2S/c1-7(2)5-6-16-13(18)10-11(17-19-12(10)15)8-3-4-9(14)20-8/h3-4,7H,5-6,15H2,1-2H3,(H,16,18). The van der Waals surface area contributed by atoms with Gasteiger partial charge in [0.25, 0.3) is 5.91 Å². The Balaban J connectivity index is 2.19. The van der Waals surface area contributed by atoms with Crippen molar-refractivity contribution in [2.45, 2.75) is 20.3 Å². The van der Waals surface area contributed by atoms with Crippen LogP contribution in [-0.2, 0) is 0 Å². The van der Waals surface area contributed by atoms with Crippen LogP contribution in [0.15, 0.2) is 16.7 Å². The Morgan fingerprint density at radius 2 is 2.30 bits per heavy atom. The largest absolute Gasteiger partial charge is 0.367 e. The summed E-state index contributed by atoms with van der Waals surface area (Å²) >= 11 is 7.22. The van der Waals surface area contributed by atoms with E-state index in [2.05, 4.69) is 24.3 Å². The number of hydrogen-bond donors (Lipinski definition) is 2. The van der Waals surface area contributed by atoms with Crippen molar-refractivity contribution in [3.8, 4) is 10.6 Å². The SMILES string of the molecule is CC(C)CCNC(=O)c1c(-c2ccc(Cl)s2)noc1N. The van der Waals surface area contributed by atoms with E-state index in [9.17, 15) is 4.79 Å². The van der Waals surface area contributed by atoms with Crippen LogP contribution in [0.2, 0.25) is 4.34 Å². The normalized spacial score (nSPS) is 11.0. The molecule has 2 rings (SSSR count). The average Bonchev–Trinajstić information content (AvgIpc) is 2.94. The Kier molecular flexibility index (Phi) is 4.67. The van der Waals surface area contributed by atoms with Gasteiger partial charge in [-0.25, -0.2) is 0 Å². The van der Waals surface area contributed by atoms with E-state index in [1.54, 1.807) is 12.1 Å². The van der Waals surface area contributed by atoms with Crippen molar-refractivity contribution in [2.24, 2.45) is 5.92 Å². The van der Waals surface area contributed by atoms with Crippen molar-refractivity contribution in [2.75, 3.05) is 12.3 Å². The fourth-order valence-electron chi connectivity index (χ4n) is 1.69. The zero-order chi connectivity index (χ0) is 14.7. The number of rotatable bonds is 5. The van der Waals surface area contributed by atoms with Crippen LogP contribution in [0.1, 0.15) is 30.6 Å². The number of thiophene rings is 1. The number of nitrogen functional groups attached to an aromatic ring is 1. The van der Waals surface area contributed by atoms with Crippen LogP contribution >= 0.6 is 22.9 Å². The molecular weight excluding hydrogens is 298 g/mol. The first kappa shape index (κ1) is 14.9. The summed E-state index contributed by atoms with van der Waals surface area (Å²) in [6.07, 6.45) is 0.900. The molecule has 108 valence electrons. The quantitative estimate of drug-likeness (QED) is 0.886. The van der Waals surface area contributed by atoms with Gasteiger partial charge in [0.05, 0.1) is 9.21 Å². The monoisotopic (exact) mass is 313 g/mol. The molecule has 0 unspecified atom stereocenters. The number of nitrogens with two attached hydrogens (primary N) is 1. The predicted octanol–water partition coefficient (Wildman–Crippen LogP) is 3.41. The summed E-state index contributed by atoms with van der Waals surface area (Å²) in [4.78, 5) is 12.9. The van der Waals surface area contributed by atoms with Crippen molar-refractivity contribution in [1.29, 1.82) is 0 Å². The molecule has 0 radical (unpaired) electrons. The van der Waals surface area contributed by atoms with E-state index in [0.29, 0.717) is 22.5 Å². The van der Waals surface area contributed by atoms with Gasteiger partial charge in [0.1, 0.15) is 11.3 Å². The summed E-state index contributed by atoms with van der Waals surface area (Å²) in [5.74, 6) is 0.265. The predicted molar refractivity (Wildman–Crippen MR) is 81.0 cm³/mol. The third-order valence-corrected chi connectivity index (χ3v) is 4.00. The van der Waals surface area contributed by atoms with Gasteiger partial charge < -0.3 is 15.6 Å². The number of nitrogens with one attached hydrogen (secondary N) is 1. The first-order valence-corrected chi connectivity index (χ1v) is 7.47. The molecule has 2 aromatic rings. The molecule has 0 saturated carbocycles. The average molecular weight is 314 g/mol. The topological polar surface area (TPSA) is 81.2 Å². The van der Waals surface area contributed by atoms with Gasteiger partial charge in [0, 0.05) is 6.54 Å². The molecule has 0 atom stereocenters. The van der Waals surface area contributed by atoms with Crippen LogP contribution in [0.4, 0.5) is 5.88 Å². The van der Waals surface area contributed by atoms with E-state index in [1.165, 1.54) is 11.3 Å². The van der Waals surface area contributed by atoms with E-state index in [4.69, 9.17) is 21.9 Å². The second kappa shape index (κ2) is 6.28. The summed E-state index contributed by atoms with van der Waals surface area (Å²) < 4.78 is 5.56. The van der Waals surface area contributed by atoms with Gasteiger partial charge in [-0.05, 0) is 24.5 Å².